The fraction of sp³-hybridized carbons (Fsp3) is 0.611. The van der Waals surface area contributed by atoms with Crippen LogP contribution in [0.15, 0.2) is 24.3 Å². The van der Waals surface area contributed by atoms with Gasteiger partial charge < -0.3 is 4.90 Å². The summed E-state index contributed by atoms with van der Waals surface area (Å²) >= 11 is 0. The monoisotopic (exact) mass is 293 g/mol. The van der Waals surface area contributed by atoms with E-state index in [9.17, 15) is 9.18 Å². The predicted molar refractivity (Wildman–Crippen MR) is 86.2 cm³/mol. The Hall–Kier alpha value is -1.22. The van der Waals surface area contributed by atoms with Crippen LogP contribution in [0.25, 0.3) is 0 Å². The summed E-state index contributed by atoms with van der Waals surface area (Å²) in [5.41, 5.74) is 0.611. The minimum absolute atomic E-state index is 0.105. The summed E-state index contributed by atoms with van der Waals surface area (Å²) in [6.45, 7) is 9.75. The first-order valence-electron chi connectivity index (χ1n) is 8.11. The lowest BCUT2D eigenvalue weighted by molar-refractivity contribution is 0.0973. The first kappa shape index (κ1) is 17.8. The molecule has 0 aliphatic rings. The average molecular weight is 293 g/mol. The van der Waals surface area contributed by atoms with Gasteiger partial charge in [-0.25, -0.2) is 4.39 Å². The van der Waals surface area contributed by atoms with Crippen LogP contribution in [0, 0.1) is 11.7 Å². The summed E-state index contributed by atoms with van der Waals surface area (Å²) in [6.07, 6.45) is 3.82. The van der Waals surface area contributed by atoms with Crippen LogP contribution in [0.5, 0.6) is 0 Å². The molecule has 1 rings (SSSR count). The first-order valence-corrected chi connectivity index (χ1v) is 8.11. The fourth-order valence-corrected chi connectivity index (χ4v) is 2.53. The van der Waals surface area contributed by atoms with Crippen LogP contribution >= 0.6 is 0 Å². The van der Waals surface area contributed by atoms with E-state index in [0.717, 1.165) is 32.0 Å². The number of carbonyl (C=O) groups excluding carboxylic acids is 1. The van der Waals surface area contributed by atoms with Crippen molar-refractivity contribution < 1.29 is 9.18 Å². The average Bonchev–Trinajstić information content (AvgIpc) is 2.51. The van der Waals surface area contributed by atoms with Gasteiger partial charge in [0, 0.05) is 18.5 Å². The van der Waals surface area contributed by atoms with Gasteiger partial charge in [-0.05, 0) is 49.7 Å². The number of rotatable bonds is 10. The van der Waals surface area contributed by atoms with E-state index in [2.05, 4.69) is 25.7 Å². The van der Waals surface area contributed by atoms with Crippen molar-refractivity contribution in [3.63, 3.8) is 0 Å². The van der Waals surface area contributed by atoms with Gasteiger partial charge in [-0.3, -0.25) is 4.79 Å². The van der Waals surface area contributed by atoms with Crippen molar-refractivity contribution in [3.05, 3.63) is 35.6 Å². The third-order valence-electron chi connectivity index (χ3n) is 4.16. The first-order chi connectivity index (χ1) is 10.1. The highest BCUT2D eigenvalue weighted by molar-refractivity contribution is 5.95. The number of carbonyl (C=O) groups is 1. The molecule has 118 valence electrons. The second-order valence-corrected chi connectivity index (χ2v) is 5.61. The predicted octanol–water partition coefficient (Wildman–Crippen LogP) is 4.55. The lowest BCUT2D eigenvalue weighted by Gasteiger charge is -2.25. The summed E-state index contributed by atoms with van der Waals surface area (Å²) in [4.78, 5) is 14.4. The van der Waals surface area contributed by atoms with E-state index in [0.29, 0.717) is 12.0 Å². The van der Waals surface area contributed by atoms with E-state index in [-0.39, 0.29) is 11.6 Å². The van der Waals surface area contributed by atoms with Gasteiger partial charge in [0.05, 0.1) is 0 Å². The molecule has 0 aromatic heterocycles. The van der Waals surface area contributed by atoms with Gasteiger partial charge >= 0.3 is 0 Å². The molecule has 0 saturated carbocycles. The Bertz CT molecular complexity index is 412. The molecule has 0 bridgehead atoms. The van der Waals surface area contributed by atoms with Crippen LogP contribution in [-0.2, 0) is 0 Å². The zero-order chi connectivity index (χ0) is 15.7. The number of benzene rings is 1. The molecule has 0 N–H and O–H groups in total. The van der Waals surface area contributed by atoms with Gasteiger partial charge in [-0.15, -0.1) is 0 Å². The van der Waals surface area contributed by atoms with Crippen LogP contribution in [0.1, 0.15) is 56.8 Å². The Morgan fingerprint density at radius 2 is 1.76 bits per heavy atom. The number of halogens is 1. The SMILES string of the molecule is CCC(CC)CN(CC)CCCC(=O)c1ccc(F)cc1. The molecule has 0 unspecified atom stereocenters. The van der Waals surface area contributed by atoms with Crippen LogP contribution in [0.2, 0.25) is 0 Å². The van der Waals surface area contributed by atoms with Crippen LogP contribution in [-0.4, -0.2) is 30.3 Å². The van der Waals surface area contributed by atoms with Crippen molar-refractivity contribution >= 4 is 5.78 Å². The quantitative estimate of drug-likeness (QED) is 0.590. The Morgan fingerprint density at radius 3 is 2.29 bits per heavy atom. The molecule has 0 atom stereocenters. The smallest absolute Gasteiger partial charge is 0.162 e. The van der Waals surface area contributed by atoms with Gasteiger partial charge in [0.25, 0.3) is 0 Å². The molecule has 21 heavy (non-hydrogen) atoms. The summed E-state index contributed by atoms with van der Waals surface area (Å²) in [7, 11) is 0. The summed E-state index contributed by atoms with van der Waals surface area (Å²) < 4.78 is 12.8. The summed E-state index contributed by atoms with van der Waals surface area (Å²) in [5, 5.41) is 0. The largest absolute Gasteiger partial charge is 0.303 e. The molecule has 0 aliphatic carbocycles. The van der Waals surface area contributed by atoms with Gasteiger partial charge in [0.15, 0.2) is 5.78 Å². The summed E-state index contributed by atoms with van der Waals surface area (Å²) in [6, 6.07) is 5.83. The van der Waals surface area contributed by atoms with Gasteiger partial charge in [0.2, 0.25) is 0 Å². The highest BCUT2D eigenvalue weighted by Crippen LogP contribution is 2.12. The maximum absolute atomic E-state index is 12.8. The van der Waals surface area contributed by atoms with E-state index >= 15 is 0 Å². The molecule has 0 radical (unpaired) electrons. The fourth-order valence-electron chi connectivity index (χ4n) is 2.53. The number of hydrogen-bond acceptors (Lipinski definition) is 2. The third-order valence-corrected chi connectivity index (χ3v) is 4.16. The molecule has 1 aromatic rings. The van der Waals surface area contributed by atoms with E-state index in [1.807, 2.05) is 0 Å². The second-order valence-electron chi connectivity index (χ2n) is 5.61. The van der Waals surface area contributed by atoms with Crippen molar-refractivity contribution in [2.75, 3.05) is 19.6 Å². The Labute approximate surface area is 128 Å². The van der Waals surface area contributed by atoms with Crippen molar-refractivity contribution in [1.82, 2.24) is 4.90 Å². The molecule has 0 aliphatic heterocycles. The molecular formula is C18H28FNO. The molecule has 1 aromatic carbocycles. The molecule has 0 fully saturated rings. The normalized spacial score (nSPS) is 11.3. The van der Waals surface area contributed by atoms with Crippen molar-refractivity contribution in [2.24, 2.45) is 5.92 Å². The van der Waals surface area contributed by atoms with Gasteiger partial charge in [0.1, 0.15) is 5.82 Å². The van der Waals surface area contributed by atoms with E-state index in [1.165, 1.54) is 25.0 Å². The molecule has 0 heterocycles. The van der Waals surface area contributed by atoms with E-state index in [4.69, 9.17) is 0 Å². The molecule has 0 amide bonds. The zero-order valence-electron chi connectivity index (χ0n) is 13.6. The van der Waals surface area contributed by atoms with E-state index in [1.54, 1.807) is 12.1 Å². The number of Topliss-reactive ketones (excluding diaryl/α,β-unsaturated/α-hetero) is 1. The van der Waals surface area contributed by atoms with Crippen LogP contribution in [0.3, 0.4) is 0 Å². The number of ketones is 1. The van der Waals surface area contributed by atoms with Crippen LogP contribution in [0.4, 0.5) is 4.39 Å². The summed E-state index contributed by atoms with van der Waals surface area (Å²) in [5.74, 6) is 0.556. The standard InChI is InChI=1S/C18H28FNO/c1-4-15(5-2)14-20(6-3)13-7-8-18(21)16-9-11-17(19)12-10-16/h9-12,15H,4-8,13-14H2,1-3H3. The lowest BCUT2D eigenvalue weighted by Crippen LogP contribution is -2.30. The lowest BCUT2D eigenvalue weighted by atomic mass is 10.0. The maximum atomic E-state index is 12.8. The second kappa shape index (κ2) is 9.67. The number of hydrogen-bond donors (Lipinski definition) is 0. The van der Waals surface area contributed by atoms with Crippen molar-refractivity contribution in [1.29, 1.82) is 0 Å². The van der Waals surface area contributed by atoms with Crippen LogP contribution < -0.4 is 0 Å². The highest BCUT2D eigenvalue weighted by Gasteiger charge is 2.11. The molecule has 3 heteroatoms. The molecule has 2 nitrogen and oxygen atoms in total. The van der Waals surface area contributed by atoms with Gasteiger partial charge in [-0.2, -0.15) is 0 Å². The zero-order valence-corrected chi connectivity index (χ0v) is 13.6. The third kappa shape index (κ3) is 6.38. The van der Waals surface area contributed by atoms with Gasteiger partial charge in [-0.1, -0.05) is 33.6 Å². The Balaban J connectivity index is 2.36. The number of nitrogens with zero attached hydrogens (tertiary/aromatic N) is 1. The Morgan fingerprint density at radius 1 is 1.14 bits per heavy atom. The highest BCUT2D eigenvalue weighted by atomic mass is 19.1. The van der Waals surface area contributed by atoms with Crippen molar-refractivity contribution in [3.8, 4) is 0 Å². The molecule has 0 saturated heterocycles. The Kier molecular flexibility index (Phi) is 8.21. The minimum atomic E-state index is -0.297. The minimum Gasteiger partial charge on any atom is -0.303 e. The van der Waals surface area contributed by atoms with E-state index < -0.39 is 0 Å². The molecule has 0 spiro atoms. The maximum Gasteiger partial charge on any atom is 0.162 e. The topological polar surface area (TPSA) is 20.3 Å². The van der Waals surface area contributed by atoms with Crippen molar-refractivity contribution in [2.45, 2.75) is 46.5 Å². The molecular weight excluding hydrogens is 265 g/mol.